The molecule has 1 amide bonds. The number of carbonyl (C=O) groups is 1. The highest BCUT2D eigenvalue weighted by Gasteiger charge is 2.60. The highest BCUT2D eigenvalue weighted by atomic mass is 35.5. The molecule has 1 aromatic rings. The average Bonchev–Trinajstić information content (AvgIpc) is 3.07. The summed E-state index contributed by atoms with van der Waals surface area (Å²) in [5.41, 5.74) is 8.88. The summed E-state index contributed by atoms with van der Waals surface area (Å²) < 4.78 is 0. The standard InChI is InChI=1S/C19H26N2O.ClH/c20-13-18(9-3-4-10-18)21-17(22)16-12-19(16)11-5-7-14-6-1-2-8-15(14)19;/h1-2,6,8,16H,3-5,7,9-13,20H2,(H,21,22);1H. The van der Waals surface area contributed by atoms with Gasteiger partial charge < -0.3 is 11.1 Å². The molecule has 1 aromatic carbocycles. The lowest BCUT2D eigenvalue weighted by Crippen LogP contribution is -2.52. The van der Waals surface area contributed by atoms with Crippen LogP contribution < -0.4 is 11.1 Å². The molecule has 2 fully saturated rings. The third-order valence-electron chi connectivity index (χ3n) is 6.35. The smallest absolute Gasteiger partial charge is 0.224 e. The zero-order chi connectivity index (χ0) is 15.2. The predicted octanol–water partition coefficient (Wildman–Crippen LogP) is 3.09. The van der Waals surface area contributed by atoms with E-state index in [0.29, 0.717) is 6.54 Å². The lowest BCUT2D eigenvalue weighted by atomic mass is 9.78. The van der Waals surface area contributed by atoms with E-state index in [1.165, 1.54) is 36.8 Å². The van der Waals surface area contributed by atoms with E-state index in [9.17, 15) is 4.79 Å². The van der Waals surface area contributed by atoms with Crippen molar-refractivity contribution in [1.29, 1.82) is 0 Å². The van der Waals surface area contributed by atoms with Crippen LogP contribution in [-0.4, -0.2) is 18.0 Å². The van der Waals surface area contributed by atoms with Crippen molar-refractivity contribution in [2.75, 3.05) is 6.54 Å². The van der Waals surface area contributed by atoms with Crippen LogP contribution in [0.15, 0.2) is 24.3 Å². The maximum absolute atomic E-state index is 12.8. The number of halogens is 1. The van der Waals surface area contributed by atoms with Gasteiger partial charge in [-0.3, -0.25) is 4.79 Å². The lowest BCUT2D eigenvalue weighted by molar-refractivity contribution is -0.124. The van der Waals surface area contributed by atoms with Crippen LogP contribution >= 0.6 is 12.4 Å². The zero-order valence-electron chi connectivity index (χ0n) is 13.6. The van der Waals surface area contributed by atoms with Crippen LogP contribution in [0.25, 0.3) is 0 Å². The van der Waals surface area contributed by atoms with E-state index in [1.807, 2.05) is 0 Å². The van der Waals surface area contributed by atoms with Crippen molar-refractivity contribution in [1.82, 2.24) is 5.32 Å². The van der Waals surface area contributed by atoms with Crippen LogP contribution in [0.2, 0.25) is 0 Å². The molecule has 1 spiro atoms. The first kappa shape index (κ1) is 16.8. The Kier molecular flexibility index (Phi) is 4.45. The summed E-state index contributed by atoms with van der Waals surface area (Å²) in [6.45, 7) is 0.578. The van der Waals surface area contributed by atoms with Crippen LogP contribution in [0.5, 0.6) is 0 Å². The molecule has 4 heteroatoms. The predicted molar refractivity (Wildman–Crippen MR) is 94.8 cm³/mol. The molecule has 3 nitrogen and oxygen atoms in total. The molecule has 2 saturated carbocycles. The largest absolute Gasteiger partial charge is 0.349 e. The number of nitrogens with one attached hydrogen (secondary N) is 1. The maximum Gasteiger partial charge on any atom is 0.224 e. The lowest BCUT2D eigenvalue weighted by Gasteiger charge is -2.31. The van der Waals surface area contributed by atoms with Gasteiger partial charge in [0.15, 0.2) is 0 Å². The Morgan fingerprint density at radius 3 is 2.65 bits per heavy atom. The molecule has 0 saturated heterocycles. The first-order valence-electron chi connectivity index (χ1n) is 8.80. The summed E-state index contributed by atoms with van der Waals surface area (Å²) in [5, 5.41) is 3.34. The van der Waals surface area contributed by atoms with Gasteiger partial charge in [-0.1, -0.05) is 37.1 Å². The van der Waals surface area contributed by atoms with E-state index in [2.05, 4.69) is 29.6 Å². The maximum atomic E-state index is 12.8. The van der Waals surface area contributed by atoms with E-state index in [-0.39, 0.29) is 35.2 Å². The summed E-state index contributed by atoms with van der Waals surface area (Å²) in [5.74, 6) is 0.419. The van der Waals surface area contributed by atoms with Crippen molar-refractivity contribution >= 4 is 18.3 Å². The Bertz CT molecular complexity index is 597. The Hall–Kier alpha value is -1.06. The van der Waals surface area contributed by atoms with Gasteiger partial charge in [0.05, 0.1) is 5.54 Å². The van der Waals surface area contributed by atoms with Crippen LogP contribution in [0.3, 0.4) is 0 Å². The zero-order valence-corrected chi connectivity index (χ0v) is 14.5. The van der Waals surface area contributed by atoms with Gasteiger partial charge in [0.1, 0.15) is 0 Å². The molecule has 126 valence electrons. The number of aryl methyl sites for hydroxylation is 1. The fraction of sp³-hybridized carbons (Fsp3) is 0.632. The second-order valence-electron chi connectivity index (χ2n) is 7.60. The quantitative estimate of drug-likeness (QED) is 0.892. The van der Waals surface area contributed by atoms with Gasteiger partial charge in [-0.15, -0.1) is 12.4 Å². The van der Waals surface area contributed by atoms with Crippen LogP contribution in [0.4, 0.5) is 0 Å². The third kappa shape index (κ3) is 2.68. The molecule has 4 rings (SSSR count). The Morgan fingerprint density at radius 1 is 1.17 bits per heavy atom. The number of rotatable bonds is 3. The summed E-state index contributed by atoms with van der Waals surface area (Å²) >= 11 is 0. The number of carbonyl (C=O) groups excluding carboxylic acids is 1. The Balaban J connectivity index is 0.00000156. The highest BCUT2D eigenvalue weighted by Crippen LogP contribution is 2.60. The Labute approximate surface area is 144 Å². The van der Waals surface area contributed by atoms with Crippen molar-refractivity contribution in [3.8, 4) is 0 Å². The van der Waals surface area contributed by atoms with E-state index in [0.717, 1.165) is 25.7 Å². The SMILES string of the molecule is Cl.NCC1(NC(=O)C2CC23CCCc2ccccc23)CCCC1. The number of amides is 1. The van der Waals surface area contributed by atoms with Crippen LogP contribution in [0.1, 0.15) is 56.1 Å². The molecule has 3 N–H and O–H groups in total. The topological polar surface area (TPSA) is 55.1 Å². The van der Waals surface area contributed by atoms with Crippen molar-refractivity contribution in [3.05, 3.63) is 35.4 Å². The molecule has 0 radical (unpaired) electrons. The van der Waals surface area contributed by atoms with Gasteiger partial charge in [0, 0.05) is 17.9 Å². The monoisotopic (exact) mass is 334 g/mol. The van der Waals surface area contributed by atoms with Gasteiger partial charge in [-0.2, -0.15) is 0 Å². The number of hydrogen-bond donors (Lipinski definition) is 2. The van der Waals surface area contributed by atoms with Crippen molar-refractivity contribution < 1.29 is 4.79 Å². The van der Waals surface area contributed by atoms with Gasteiger partial charge >= 0.3 is 0 Å². The molecule has 0 aromatic heterocycles. The van der Waals surface area contributed by atoms with E-state index < -0.39 is 0 Å². The number of nitrogens with two attached hydrogens (primary N) is 1. The fourth-order valence-corrected chi connectivity index (χ4v) is 4.96. The number of fused-ring (bicyclic) bond motifs is 2. The molecular weight excluding hydrogens is 308 g/mol. The summed E-state index contributed by atoms with van der Waals surface area (Å²) in [7, 11) is 0. The van der Waals surface area contributed by atoms with Crippen LogP contribution in [0, 0.1) is 5.92 Å². The van der Waals surface area contributed by atoms with Gasteiger partial charge in [-0.05, 0) is 49.7 Å². The van der Waals surface area contributed by atoms with E-state index in [1.54, 1.807) is 0 Å². The molecule has 3 aliphatic rings. The van der Waals surface area contributed by atoms with Gasteiger partial charge in [0.25, 0.3) is 0 Å². The normalized spacial score (nSPS) is 30.4. The van der Waals surface area contributed by atoms with Crippen molar-refractivity contribution in [3.63, 3.8) is 0 Å². The summed E-state index contributed by atoms with van der Waals surface area (Å²) in [4.78, 5) is 12.8. The molecule has 0 heterocycles. The fourth-order valence-electron chi connectivity index (χ4n) is 4.96. The molecule has 23 heavy (non-hydrogen) atoms. The van der Waals surface area contributed by atoms with Crippen molar-refractivity contribution in [2.24, 2.45) is 11.7 Å². The average molecular weight is 335 g/mol. The molecule has 0 aliphatic heterocycles. The second kappa shape index (κ2) is 6.10. The van der Waals surface area contributed by atoms with E-state index >= 15 is 0 Å². The summed E-state index contributed by atoms with van der Waals surface area (Å²) in [6, 6.07) is 8.73. The molecular formula is C19H27ClN2O. The minimum Gasteiger partial charge on any atom is -0.349 e. The van der Waals surface area contributed by atoms with Crippen LogP contribution in [-0.2, 0) is 16.6 Å². The Morgan fingerprint density at radius 2 is 1.91 bits per heavy atom. The van der Waals surface area contributed by atoms with E-state index in [4.69, 9.17) is 5.73 Å². The molecule has 0 bridgehead atoms. The molecule has 2 unspecified atom stereocenters. The number of hydrogen-bond acceptors (Lipinski definition) is 2. The summed E-state index contributed by atoms with van der Waals surface area (Å²) in [6.07, 6.45) is 9.04. The molecule has 3 aliphatic carbocycles. The minimum absolute atomic E-state index is 0. The third-order valence-corrected chi connectivity index (χ3v) is 6.35. The van der Waals surface area contributed by atoms with Gasteiger partial charge in [-0.25, -0.2) is 0 Å². The highest BCUT2D eigenvalue weighted by molar-refractivity contribution is 5.85. The first-order chi connectivity index (χ1) is 10.7. The number of benzene rings is 1. The molecule has 2 atom stereocenters. The first-order valence-corrected chi connectivity index (χ1v) is 8.80. The van der Waals surface area contributed by atoms with Gasteiger partial charge in [0.2, 0.25) is 5.91 Å². The minimum atomic E-state index is -0.116. The van der Waals surface area contributed by atoms with Crippen molar-refractivity contribution in [2.45, 2.75) is 62.3 Å². The second-order valence-corrected chi connectivity index (χ2v) is 7.60.